The molecule has 2 atom stereocenters. The lowest BCUT2D eigenvalue weighted by molar-refractivity contribution is -0.123. The van der Waals surface area contributed by atoms with Crippen molar-refractivity contribution in [3.05, 3.63) is 12.2 Å². The number of aliphatic hydroxyl groups excluding tert-OH is 1. The van der Waals surface area contributed by atoms with Gasteiger partial charge in [-0.1, -0.05) is 212 Å². The molecule has 0 aromatic carbocycles. The number of aliphatic hydroxyl groups is 1. The van der Waals surface area contributed by atoms with Gasteiger partial charge in [-0.3, -0.25) is 9.32 Å². The Morgan fingerprint density at radius 1 is 0.538 bits per heavy atom. The van der Waals surface area contributed by atoms with E-state index in [0.717, 1.165) is 38.5 Å². The molecule has 0 bridgehead atoms. The Kier molecular flexibility index (Phi) is 39.4. The zero-order valence-corrected chi connectivity index (χ0v) is 35.4. The molecule has 0 aromatic heterocycles. The van der Waals surface area contributed by atoms with Crippen molar-refractivity contribution < 1.29 is 28.8 Å². The highest BCUT2D eigenvalue weighted by Crippen LogP contribution is 2.36. The molecule has 0 saturated heterocycles. The number of phosphoric ester groups is 1. The number of carbonyl (C=O) groups is 1. The molecule has 1 amide bonds. The lowest BCUT2D eigenvalue weighted by Gasteiger charge is -2.24. The summed E-state index contributed by atoms with van der Waals surface area (Å²) in [7, 11) is -4.69. The summed E-state index contributed by atoms with van der Waals surface area (Å²) >= 11 is 0. The van der Waals surface area contributed by atoms with Crippen LogP contribution in [0.2, 0.25) is 0 Å². The first kappa shape index (κ1) is 51.3. The summed E-state index contributed by atoms with van der Waals surface area (Å²) in [6, 6.07) is -0.820. The molecule has 0 aliphatic carbocycles. The summed E-state index contributed by atoms with van der Waals surface area (Å²) in [6.07, 6.45) is 47.8. The smallest absolute Gasteiger partial charge is 0.391 e. The summed E-state index contributed by atoms with van der Waals surface area (Å²) < 4.78 is 16.0. The monoisotopic (exact) mass is 758 g/mol. The summed E-state index contributed by atoms with van der Waals surface area (Å²) in [4.78, 5) is 31.0. The van der Waals surface area contributed by atoms with Gasteiger partial charge in [-0.05, 0) is 38.5 Å². The highest BCUT2D eigenvalue weighted by atomic mass is 31.2. The SMILES string of the molecule is CCCCCCCC/C=C/CCCCCCCCCCCCCCCC(=O)N[C@@H](COP(=O)(O)O)[C@H](O)CCCCCCCCCCCCCCC. The average Bonchev–Trinajstić information content (AvgIpc) is 3.11. The molecule has 0 spiro atoms. The minimum absolute atomic E-state index is 0.191. The van der Waals surface area contributed by atoms with Crippen molar-refractivity contribution in [1.29, 1.82) is 0 Å². The van der Waals surface area contributed by atoms with Crippen LogP contribution in [0.1, 0.15) is 245 Å². The van der Waals surface area contributed by atoms with Crippen LogP contribution in [0.3, 0.4) is 0 Å². The van der Waals surface area contributed by atoms with Gasteiger partial charge in [-0.25, -0.2) is 4.57 Å². The number of allylic oxidation sites excluding steroid dienone is 2. The highest BCUT2D eigenvalue weighted by Gasteiger charge is 2.25. The number of phosphoric acid groups is 1. The molecule has 0 aromatic rings. The Balaban J connectivity index is 3.80. The van der Waals surface area contributed by atoms with Crippen molar-refractivity contribution in [1.82, 2.24) is 5.32 Å². The van der Waals surface area contributed by atoms with Gasteiger partial charge in [0.15, 0.2) is 0 Å². The van der Waals surface area contributed by atoms with Gasteiger partial charge in [0.05, 0.1) is 18.8 Å². The molecule has 0 saturated carbocycles. The van der Waals surface area contributed by atoms with Crippen molar-refractivity contribution in [2.75, 3.05) is 6.61 Å². The van der Waals surface area contributed by atoms with Crippen LogP contribution in [0.5, 0.6) is 0 Å². The summed E-state index contributed by atoms with van der Waals surface area (Å²) in [5.41, 5.74) is 0. The van der Waals surface area contributed by atoms with Crippen LogP contribution in [0, 0.1) is 0 Å². The third kappa shape index (κ3) is 40.5. The minimum atomic E-state index is -4.69. The van der Waals surface area contributed by atoms with Crippen LogP contribution in [0.15, 0.2) is 12.2 Å². The topological polar surface area (TPSA) is 116 Å². The number of hydrogen-bond donors (Lipinski definition) is 4. The maximum Gasteiger partial charge on any atom is 0.469 e. The Bertz CT molecular complexity index is 819. The lowest BCUT2D eigenvalue weighted by Crippen LogP contribution is -2.46. The largest absolute Gasteiger partial charge is 0.469 e. The third-order valence-corrected chi connectivity index (χ3v) is 11.0. The fourth-order valence-electron chi connectivity index (χ4n) is 7.05. The van der Waals surface area contributed by atoms with Crippen LogP contribution in [-0.4, -0.2) is 39.6 Å². The fraction of sp³-hybridized carbons (Fsp3) is 0.932. The van der Waals surface area contributed by atoms with Gasteiger partial charge in [0.1, 0.15) is 0 Å². The van der Waals surface area contributed by atoms with Crippen molar-refractivity contribution in [3.8, 4) is 0 Å². The zero-order chi connectivity index (χ0) is 38.2. The van der Waals surface area contributed by atoms with Crippen molar-refractivity contribution in [2.45, 2.75) is 257 Å². The van der Waals surface area contributed by atoms with Gasteiger partial charge >= 0.3 is 7.82 Å². The Morgan fingerprint density at radius 3 is 1.23 bits per heavy atom. The highest BCUT2D eigenvalue weighted by molar-refractivity contribution is 7.46. The number of unbranched alkanes of at least 4 members (excludes halogenated alkanes) is 31. The van der Waals surface area contributed by atoms with E-state index in [1.54, 1.807) is 0 Å². The minimum Gasteiger partial charge on any atom is -0.391 e. The van der Waals surface area contributed by atoms with Gasteiger partial charge < -0.3 is 20.2 Å². The number of rotatable bonds is 42. The zero-order valence-electron chi connectivity index (χ0n) is 34.5. The van der Waals surface area contributed by atoms with E-state index >= 15 is 0 Å². The molecule has 8 heteroatoms. The van der Waals surface area contributed by atoms with Crippen molar-refractivity contribution in [3.63, 3.8) is 0 Å². The number of hydrogen-bond acceptors (Lipinski definition) is 4. The third-order valence-electron chi connectivity index (χ3n) is 10.5. The van der Waals surface area contributed by atoms with E-state index in [2.05, 4.69) is 35.8 Å². The van der Waals surface area contributed by atoms with Gasteiger partial charge in [0, 0.05) is 6.42 Å². The Morgan fingerprint density at radius 2 is 0.865 bits per heavy atom. The lowest BCUT2D eigenvalue weighted by atomic mass is 10.0. The van der Waals surface area contributed by atoms with Crippen LogP contribution >= 0.6 is 7.82 Å². The summed E-state index contributed by atoms with van der Waals surface area (Å²) in [5, 5.41) is 13.5. The molecule has 0 radical (unpaired) electrons. The average molecular weight is 758 g/mol. The predicted molar refractivity (Wildman–Crippen MR) is 223 cm³/mol. The normalized spacial score (nSPS) is 13.2. The van der Waals surface area contributed by atoms with Gasteiger partial charge in [-0.15, -0.1) is 0 Å². The molecule has 0 rings (SSSR count). The summed E-state index contributed by atoms with van der Waals surface area (Å²) in [5.74, 6) is -0.191. The van der Waals surface area contributed by atoms with E-state index < -0.39 is 26.6 Å². The number of amides is 1. The molecule has 310 valence electrons. The molecule has 4 N–H and O–H groups in total. The molecule has 0 aliphatic rings. The Hall–Kier alpha value is -0.720. The molecular weight excluding hydrogens is 669 g/mol. The van der Waals surface area contributed by atoms with Crippen LogP contribution in [0.25, 0.3) is 0 Å². The van der Waals surface area contributed by atoms with E-state index in [9.17, 15) is 24.3 Å². The second-order valence-corrected chi connectivity index (χ2v) is 17.0. The quantitative estimate of drug-likeness (QED) is 0.0280. The molecule has 0 unspecified atom stereocenters. The first-order chi connectivity index (χ1) is 25.3. The maximum absolute atomic E-state index is 12.6. The van der Waals surface area contributed by atoms with Crippen molar-refractivity contribution >= 4 is 13.7 Å². The summed E-state index contributed by atoms with van der Waals surface area (Å²) in [6.45, 7) is 4.13. The van der Waals surface area contributed by atoms with E-state index in [0.29, 0.717) is 12.8 Å². The number of carbonyl (C=O) groups excluding carboxylic acids is 1. The van der Waals surface area contributed by atoms with Gasteiger partial charge in [-0.2, -0.15) is 0 Å². The second-order valence-electron chi connectivity index (χ2n) is 15.7. The van der Waals surface area contributed by atoms with Crippen LogP contribution in [-0.2, 0) is 13.9 Å². The first-order valence-electron chi connectivity index (χ1n) is 22.6. The second kappa shape index (κ2) is 40.0. The van der Waals surface area contributed by atoms with E-state index in [1.807, 2.05) is 0 Å². The molecule has 52 heavy (non-hydrogen) atoms. The predicted octanol–water partition coefficient (Wildman–Crippen LogP) is 13.6. The van der Waals surface area contributed by atoms with Crippen molar-refractivity contribution in [2.24, 2.45) is 0 Å². The van der Waals surface area contributed by atoms with E-state index in [-0.39, 0.29) is 5.91 Å². The molecular formula is C44H88NO6P. The maximum atomic E-state index is 12.6. The molecule has 0 heterocycles. The van der Waals surface area contributed by atoms with Gasteiger partial charge in [0.2, 0.25) is 5.91 Å². The fourth-order valence-corrected chi connectivity index (χ4v) is 7.40. The molecule has 0 aliphatic heterocycles. The first-order valence-corrected chi connectivity index (χ1v) is 24.2. The number of nitrogens with one attached hydrogen (secondary N) is 1. The standard InChI is InChI=1S/C44H88NO6P/c1-3-5-7-9-11-13-15-17-18-19-20-21-22-23-24-25-26-28-30-32-34-36-38-40-44(47)45-42(41-51-52(48,49)50)43(46)39-37-35-33-31-29-27-16-14-12-10-8-6-4-2/h17-18,42-43,46H,3-16,19-41H2,1-2H3,(H,45,47)(H2,48,49,50)/b18-17+/t42-,43+/m0/s1. The molecule has 0 fully saturated rings. The Labute approximate surface area is 322 Å². The van der Waals surface area contributed by atoms with Crippen LogP contribution < -0.4 is 5.32 Å². The van der Waals surface area contributed by atoms with E-state index in [4.69, 9.17) is 0 Å². The van der Waals surface area contributed by atoms with Crippen LogP contribution in [0.4, 0.5) is 0 Å². The van der Waals surface area contributed by atoms with Gasteiger partial charge in [0.25, 0.3) is 0 Å². The molecule has 7 nitrogen and oxygen atoms in total. The van der Waals surface area contributed by atoms with E-state index in [1.165, 1.54) is 180 Å².